The minimum Gasteiger partial charge on any atom is -0.508 e. The highest BCUT2D eigenvalue weighted by Gasteiger charge is 2.45. The summed E-state index contributed by atoms with van der Waals surface area (Å²) in [6, 6.07) is 22.4. The van der Waals surface area contributed by atoms with Crippen LogP contribution in [0.15, 0.2) is 96.1 Å². The van der Waals surface area contributed by atoms with Crippen molar-refractivity contribution in [2.24, 2.45) is 11.8 Å². The van der Waals surface area contributed by atoms with Crippen molar-refractivity contribution in [3.63, 3.8) is 0 Å². The number of ketones is 2. The van der Waals surface area contributed by atoms with Crippen molar-refractivity contribution in [1.82, 2.24) is 0 Å². The zero-order valence-corrected chi connectivity index (χ0v) is 16.7. The van der Waals surface area contributed by atoms with E-state index in [9.17, 15) is 19.8 Å². The summed E-state index contributed by atoms with van der Waals surface area (Å²) in [6.07, 6.45) is 2.57. The molecule has 31 heavy (non-hydrogen) atoms. The van der Waals surface area contributed by atoms with E-state index in [2.05, 4.69) is 0 Å². The van der Waals surface area contributed by atoms with Gasteiger partial charge in [-0.3, -0.25) is 9.59 Å². The Hall–Kier alpha value is -3.92. The summed E-state index contributed by atoms with van der Waals surface area (Å²) in [5, 5.41) is 19.6. The lowest BCUT2D eigenvalue weighted by molar-refractivity contribution is 0.101. The van der Waals surface area contributed by atoms with Gasteiger partial charge in [0, 0.05) is 34.1 Å². The molecule has 2 bridgehead atoms. The molecular formula is C27H20O4. The molecule has 0 spiro atoms. The molecule has 0 radical (unpaired) electrons. The van der Waals surface area contributed by atoms with Crippen molar-refractivity contribution < 1.29 is 19.8 Å². The Morgan fingerprint density at radius 1 is 0.742 bits per heavy atom. The van der Waals surface area contributed by atoms with E-state index in [0.717, 1.165) is 11.1 Å². The van der Waals surface area contributed by atoms with Gasteiger partial charge in [0.05, 0.1) is 0 Å². The third-order valence-electron chi connectivity index (χ3n) is 6.06. The van der Waals surface area contributed by atoms with Gasteiger partial charge in [-0.2, -0.15) is 0 Å². The minimum absolute atomic E-state index is 0.0474. The average molecular weight is 408 g/mol. The van der Waals surface area contributed by atoms with Crippen molar-refractivity contribution in [1.29, 1.82) is 0 Å². The lowest BCUT2D eigenvalue weighted by Gasteiger charge is -2.21. The Morgan fingerprint density at radius 3 is 1.97 bits per heavy atom. The first-order valence-electron chi connectivity index (χ1n) is 10.2. The largest absolute Gasteiger partial charge is 0.508 e. The van der Waals surface area contributed by atoms with Crippen molar-refractivity contribution in [2.75, 3.05) is 0 Å². The van der Waals surface area contributed by atoms with Gasteiger partial charge >= 0.3 is 0 Å². The first kappa shape index (κ1) is 19.1. The number of rotatable bonds is 5. The first-order chi connectivity index (χ1) is 15.0. The van der Waals surface area contributed by atoms with Gasteiger partial charge in [-0.1, -0.05) is 60.7 Å². The van der Waals surface area contributed by atoms with Crippen LogP contribution in [0.3, 0.4) is 0 Å². The van der Waals surface area contributed by atoms with Gasteiger partial charge in [-0.25, -0.2) is 0 Å². The standard InChI is InChI=1S/C27H20O4/c28-20-10-4-8-17(12-20)26(30)23-15-19-14-22(23)24(16-6-2-1-3-7-16)25(19)27(31)18-9-5-11-21(29)13-18/h1-13,15,19,22,28-29H,14H2. The normalized spacial score (nSPS) is 19.4. The van der Waals surface area contributed by atoms with Crippen LogP contribution in [0, 0.1) is 11.8 Å². The molecule has 0 heterocycles. The maximum atomic E-state index is 13.4. The molecular weight excluding hydrogens is 388 g/mol. The molecule has 0 saturated carbocycles. The van der Waals surface area contributed by atoms with Crippen molar-refractivity contribution in [3.05, 3.63) is 113 Å². The Labute approximate surface area is 179 Å². The lowest BCUT2D eigenvalue weighted by Crippen LogP contribution is -2.16. The van der Waals surface area contributed by atoms with Crippen LogP contribution in [0.5, 0.6) is 11.5 Å². The molecule has 3 aromatic rings. The fourth-order valence-corrected chi connectivity index (χ4v) is 4.76. The number of phenols is 2. The van der Waals surface area contributed by atoms with Crippen molar-refractivity contribution in [3.8, 4) is 11.5 Å². The number of carbonyl (C=O) groups is 2. The summed E-state index contributed by atoms with van der Waals surface area (Å²) in [6.45, 7) is 0. The van der Waals surface area contributed by atoms with Crippen LogP contribution in [0.25, 0.3) is 5.57 Å². The lowest BCUT2D eigenvalue weighted by atomic mass is 9.81. The molecule has 152 valence electrons. The monoisotopic (exact) mass is 408 g/mol. The third-order valence-corrected chi connectivity index (χ3v) is 6.06. The third kappa shape index (κ3) is 3.26. The van der Waals surface area contributed by atoms with E-state index in [1.165, 1.54) is 24.3 Å². The molecule has 2 atom stereocenters. The molecule has 2 aliphatic carbocycles. The van der Waals surface area contributed by atoms with Crippen molar-refractivity contribution in [2.45, 2.75) is 6.42 Å². The van der Waals surface area contributed by atoms with Gasteiger partial charge in [-0.15, -0.1) is 0 Å². The molecule has 0 aliphatic heterocycles. The second-order valence-electron chi connectivity index (χ2n) is 7.97. The quantitative estimate of drug-likeness (QED) is 0.570. The van der Waals surface area contributed by atoms with E-state index in [0.29, 0.717) is 28.7 Å². The van der Waals surface area contributed by atoms with Crippen LogP contribution >= 0.6 is 0 Å². The number of allylic oxidation sites excluding steroid dienone is 4. The second kappa shape index (κ2) is 7.40. The van der Waals surface area contributed by atoms with Gasteiger partial charge < -0.3 is 10.2 Å². The molecule has 3 aromatic carbocycles. The number of aromatic hydroxyl groups is 2. The van der Waals surface area contributed by atoms with E-state index < -0.39 is 0 Å². The van der Waals surface area contributed by atoms with Crippen molar-refractivity contribution >= 4 is 17.1 Å². The predicted molar refractivity (Wildman–Crippen MR) is 118 cm³/mol. The molecule has 4 heteroatoms. The number of hydrogen-bond acceptors (Lipinski definition) is 4. The topological polar surface area (TPSA) is 74.6 Å². The van der Waals surface area contributed by atoms with Crippen LogP contribution < -0.4 is 0 Å². The van der Waals surface area contributed by atoms with E-state index >= 15 is 0 Å². The summed E-state index contributed by atoms with van der Waals surface area (Å²) in [5.41, 5.74) is 4.03. The fraction of sp³-hybridized carbons (Fsp3) is 0.111. The van der Waals surface area contributed by atoms with Gasteiger partial charge in [0.2, 0.25) is 0 Å². The molecule has 2 aliphatic rings. The first-order valence-corrected chi connectivity index (χ1v) is 10.2. The Morgan fingerprint density at radius 2 is 1.35 bits per heavy atom. The molecule has 0 saturated heterocycles. The van der Waals surface area contributed by atoms with Crippen LogP contribution in [0.4, 0.5) is 0 Å². The van der Waals surface area contributed by atoms with E-state index in [4.69, 9.17) is 0 Å². The highest BCUT2D eigenvalue weighted by Crippen LogP contribution is 2.53. The zero-order chi connectivity index (χ0) is 21.5. The van der Waals surface area contributed by atoms with Crippen LogP contribution in [0.2, 0.25) is 0 Å². The van der Waals surface area contributed by atoms with Gasteiger partial charge in [0.25, 0.3) is 0 Å². The molecule has 2 N–H and O–H groups in total. The number of hydrogen-bond donors (Lipinski definition) is 2. The fourth-order valence-electron chi connectivity index (χ4n) is 4.76. The molecule has 4 nitrogen and oxygen atoms in total. The smallest absolute Gasteiger partial charge is 0.190 e. The van der Waals surface area contributed by atoms with E-state index in [1.807, 2.05) is 36.4 Å². The summed E-state index contributed by atoms with van der Waals surface area (Å²) in [5.74, 6) is -0.493. The Kier molecular flexibility index (Phi) is 4.55. The number of Topliss-reactive ketones (excluding diaryl/α,β-unsaturated/α-hetero) is 2. The Balaban J connectivity index is 1.59. The number of fused-ring (bicyclic) bond motifs is 2. The van der Waals surface area contributed by atoms with Crippen LogP contribution in [-0.4, -0.2) is 21.8 Å². The predicted octanol–water partition coefficient (Wildman–Crippen LogP) is 5.19. The van der Waals surface area contributed by atoms with E-state index in [-0.39, 0.29) is 34.9 Å². The SMILES string of the molecule is O=C(C1=CC2CC1C(c1ccccc1)=C2C(=O)c1cccc(O)c1)c1cccc(O)c1. The molecule has 5 rings (SSSR count). The highest BCUT2D eigenvalue weighted by molar-refractivity contribution is 6.18. The molecule has 0 fully saturated rings. The van der Waals surface area contributed by atoms with Gasteiger partial charge in [0.1, 0.15) is 11.5 Å². The maximum Gasteiger partial charge on any atom is 0.190 e. The average Bonchev–Trinajstić information content (AvgIpc) is 3.37. The molecule has 0 amide bonds. The summed E-state index contributed by atoms with van der Waals surface area (Å²) in [7, 11) is 0. The summed E-state index contributed by atoms with van der Waals surface area (Å²) < 4.78 is 0. The molecule has 0 aromatic heterocycles. The highest BCUT2D eigenvalue weighted by atomic mass is 16.3. The number of phenolic OH excluding ortho intramolecular Hbond substituents is 2. The van der Waals surface area contributed by atoms with Crippen LogP contribution in [-0.2, 0) is 0 Å². The Bertz CT molecular complexity index is 1270. The van der Waals surface area contributed by atoms with Gasteiger partial charge in [0.15, 0.2) is 11.6 Å². The van der Waals surface area contributed by atoms with E-state index in [1.54, 1.807) is 24.3 Å². The van der Waals surface area contributed by atoms with Gasteiger partial charge in [-0.05, 0) is 41.8 Å². The number of benzene rings is 3. The zero-order valence-electron chi connectivity index (χ0n) is 16.7. The summed E-state index contributed by atoms with van der Waals surface area (Å²) in [4.78, 5) is 26.7. The summed E-state index contributed by atoms with van der Waals surface area (Å²) >= 11 is 0. The minimum atomic E-state index is -0.182. The number of carbonyl (C=O) groups excluding carboxylic acids is 2. The maximum absolute atomic E-state index is 13.4. The molecule has 2 unspecified atom stereocenters. The second-order valence-corrected chi connectivity index (χ2v) is 7.97. The van der Waals surface area contributed by atoms with Crippen LogP contribution in [0.1, 0.15) is 32.7 Å².